The van der Waals surface area contributed by atoms with Gasteiger partial charge < -0.3 is 5.11 Å². The summed E-state index contributed by atoms with van der Waals surface area (Å²) >= 11 is 0. The van der Waals surface area contributed by atoms with Crippen molar-refractivity contribution in [3.05, 3.63) is 34.4 Å². The average molecular weight is 243 g/mol. The molecular formula is C9H9NO5S. The van der Waals surface area contributed by atoms with Gasteiger partial charge in [-0.2, -0.15) is 0 Å². The van der Waals surface area contributed by atoms with Crippen LogP contribution in [-0.2, 0) is 15.6 Å². The predicted molar refractivity (Wildman–Crippen MR) is 56.6 cm³/mol. The van der Waals surface area contributed by atoms with Gasteiger partial charge in [-0.05, 0) is 6.07 Å². The number of aliphatic carboxylic acids is 1. The summed E-state index contributed by atoms with van der Waals surface area (Å²) in [5, 5.41) is 19.0. The van der Waals surface area contributed by atoms with Crippen LogP contribution >= 0.6 is 0 Å². The van der Waals surface area contributed by atoms with Crippen molar-refractivity contribution in [2.75, 3.05) is 5.75 Å². The molecule has 1 N–H and O–H groups in total. The van der Waals surface area contributed by atoms with Crippen molar-refractivity contribution in [3.63, 3.8) is 0 Å². The highest BCUT2D eigenvalue weighted by Gasteiger charge is 2.18. The average Bonchev–Trinajstić information content (AvgIpc) is 2.25. The maximum atomic E-state index is 11.6. The maximum absolute atomic E-state index is 11.6. The molecule has 1 aromatic carbocycles. The third kappa shape index (κ3) is 3.13. The van der Waals surface area contributed by atoms with E-state index in [2.05, 4.69) is 0 Å². The second-order valence-electron chi connectivity index (χ2n) is 2.92. The van der Waals surface area contributed by atoms with Crippen molar-refractivity contribution >= 4 is 22.5 Å². The molecule has 0 aliphatic heterocycles. The molecular weight excluding hydrogens is 234 g/mol. The van der Waals surface area contributed by atoms with Crippen LogP contribution in [-0.4, -0.2) is 26.0 Å². The van der Waals surface area contributed by atoms with E-state index < -0.39 is 21.7 Å². The molecule has 0 fully saturated rings. The summed E-state index contributed by atoms with van der Waals surface area (Å²) in [4.78, 5) is 20.3. The quantitative estimate of drug-likeness (QED) is 0.618. The zero-order chi connectivity index (χ0) is 12.1. The van der Waals surface area contributed by atoms with E-state index in [9.17, 15) is 19.1 Å². The highest BCUT2D eigenvalue weighted by atomic mass is 32.2. The summed E-state index contributed by atoms with van der Waals surface area (Å²) in [5.41, 5.74) is -0.244. The van der Waals surface area contributed by atoms with Gasteiger partial charge in [0, 0.05) is 11.8 Å². The number of carboxylic acid groups (broad SMARTS) is 1. The van der Waals surface area contributed by atoms with E-state index in [-0.39, 0.29) is 22.8 Å². The van der Waals surface area contributed by atoms with Crippen LogP contribution in [0.15, 0.2) is 29.2 Å². The number of hydrogen-bond donors (Lipinski definition) is 1. The van der Waals surface area contributed by atoms with Gasteiger partial charge in [0.2, 0.25) is 0 Å². The Morgan fingerprint density at radius 3 is 2.62 bits per heavy atom. The van der Waals surface area contributed by atoms with Crippen LogP contribution in [0.5, 0.6) is 0 Å². The molecule has 6 nitrogen and oxygen atoms in total. The fraction of sp³-hybridized carbons (Fsp3) is 0.222. The molecule has 0 bridgehead atoms. The number of carboxylic acids is 1. The Kier molecular flexibility index (Phi) is 4.12. The largest absolute Gasteiger partial charge is 0.481 e. The number of rotatable bonds is 5. The molecule has 0 saturated heterocycles. The highest BCUT2D eigenvalue weighted by Crippen LogP contribution is 2.21. The molecule has 1 aromatic rings. The van der Waals surface area contributed by atoms with E-state index in [0.717, 1.165) is 0 Å². The van der Waals surface area contributed by atoms with Crippen LogP contribution in [0.1, 0.15) is 6.42 Å². The molecule has 0 heterocycles. The van der Waals surface area contributed by atoms with Gasteiger partial charge in [-0.15, -0.1) is 0 Å². The van der Waals surface area contributed by atoms with Gasteiger partial charge in [0.15, 0.2) is 0 Å². The molecule has 16 heavy (non-hydrogen) atoms. The summed E-state index contributed by atoms with van der Waals surface area (Å²) < 4.78 is 11.6. The molecule has 0 amide bonds. The van der Waals surface area contributed by atoms with E-state index in [1.54, 1.807) is 0 Å². The molecule has 0 aromatic heterocycles. The van der Waals surface area contributed by atoms with Crippen LogP contribution in [0.3, 0.4) is 0 Å². The van der Waals surface area contributed by atoms with Crippen molar-refractivity contribution in [2.24, 2.45) is 0 Å². The lowest BCUT2D eigenvalue weighted by Gasteiger charge is -2.01. The first-order valence-corrected chi connectivity index (χ1v) is 5.68. The van der Waals surface area contributed by atoms with Crippen molar-refractivity contribution in [2.45, 2.75) is 11.3 Å². The topological polar surface area (TPSA) is 97.5 Å². The molecule has 0 saturated carbocycles. The molecule has 1 atom stereocenters. The highest BCUT2D eigenvalue weighted by molar-refractivity contribution is 7.85. The first-order valence-electron chi connectivity index (χ1n) is 4.36. The summed E-state index contributed by atoms with van der Waals surface area (Å²) in [5.74, 6) is -1.20. The van der Waals surface area contributed by atoms with Crippen molar-refractivity contribution < 1.29 is 19.0 Å². The lowest BCUT2D eigenvalue weighted by atomic mass is 10.3. The maximum Gasteiger partial charge on any atom is 0.304 e. The molecule has 0 aliphatic rings. The van der Waals surface area contributed by atoms with Crippen molar-refractivity contribution in [3.8, 4) is 0 Å². The molecule has 1 rings (SSSR count). The molecule has 0 aliphatic carbocycles. The third-order valence-electron chi connectivity index (χ3n) is 1.81. The van der Waals surface area contributed by atoms with E-state index in [4.69, 9.17) is 5.11 Å². The minimum Gasteiger partial charge on any atom is -0.481 e. The van der Waals surface area contributed by atoms with Gasteiger partial charge in [-0.25, -0.2) is 0 Å². The second-order valence-corrected chi connectivity index (χ2v) is 4.46. The lowest BCUT2D eigenvalue weighted by Crippen LogP contribution is -2.06. The second kappa shape index (κ2) is 5.36. The number of carbonyl (C=O) groups is 1. The minimum absolute atomic E-state index is 0.0637. The Balaban J connectivity index is 2.90. The molecule has 7 heteroatoms. The zero-order valence-electron chi connectivity index (χ0n) is 8.16. The fourth-order valence-electron chi connectivity index (χ4n) is 1.09. The minimum atomic E-state index is -1.66. The molecule has 0 radical (unpaired) electrons. The van der Waals surface area contributed by atoms with Gasteiger partial charge >= 0.3 is 5.97 Å². The molecule has 1 unspecified atom stereocenters. The number of nitro benzene ring substituents is 1. The predicted octanol–water partition coefficient (Wildman–Crippen LogP) is 1.18. The Bertz CT molecular complexity index is 445. The van der Waals surface area contributed by atoms with Crippen LogP contribution < -0.4 is 0 Å². The smallest absolute Gasteiger partial charge is 0.304 e. The Hall–Kier alpha value is -1.76. The Morgan fingerprint density at radius 2 is 2.06 bits per heavy atom. The third-order valence-corrected chi connectivity index (χ3v) is 3.22. The number of hydrogen-bond acceptors (Lipinski definition) is 4. The number of para-hydroxylation sites is 1. The van der Waals surface area contributed by atoms with Gasteiger partial charge in [0.1, 0.15) is 4.90 Å². The first-order chi connectivity index (χ1) is 7.52. The lowest BCUT2D eigenvalue weighted by molar-refractivity contribution is -0.387. The molecule has 0 spiro atoms. The number of nitro groups is 1. The van der Waals surface area contributed by atoms with E-state index in [1.165, 1.54) is 24.3 Å². The number of nitrogens with zero attached hydrogens (tertiary/aromatic N) is 1. The normalized spacial score (nSPS) is 12.0. The van der Waals surface area contributed by atoms with Crippen molar-refractivity contribution in [1.82, 2.24) is 0 Å². The van der Waals surface area contributed by atoms with Crippen molar-refractivity contribution in [1.29, 1.82) is 0 Å². The van der Waals surface area contributed by atoms with E-state index in [1.807, 2.05) is 0 Å². The van der Waals surface area contributed by atoms with Crippen LogP contribution in [0.2, 0.25) is 0 Å². The van der Waals surface area contributed by atoms with Gasteiger partial charge in [0.05, 0.1) is 22.1 Å². The zero-order valence-corrected chi connectivity index (χ0v) is 8.98. The van der Waals surface area contributed by atoms with Crippen LogP contribution in [0.4, 0.5) is 5.69 Å². The van der Waals surface area contributed by atoms with Gasteiger partial charge in [-0.3, -0.25) is 19.1 Å². The monoisotopic (exact) mass is 243 g/mol. The van der Waals surface area contributed by atoms with E-state index >= 15 is 0 Å². The molecule has 86 valence electrons. The Morgan fingerprint density at radius 1 is 1.44 bits per heavy atom. The SMILES string of the molecule is O=C(O)CCS(=O)c1ccccc1[N+](=O)[O-]. The van der Waals surface area contributed by atoms with Gasteiger partial charge in [-0.1, -0.05) is 12.1 Å². The first kappa shape index (κ1) is 12.3. The Labute approximate surface area is 93.5 Å². The summed E-state index contributed by atoms with van der Waals surface area (Å²) in [7, 11) is -1.66. The van der Waals surface area contributed by atoms with Gasteiger partial charge in [0.25, 0.3) is 5.69 Å². The fourth-order valence-corrected chi connectivity index (χ4v) is 2.28. The standard InChI is InChI=1S/C9H9NO5S/c11-9(12)5-6-16(15)8-4-2-1-3-7(8)10(13)14/h1-4H,5-6H2,(H,11,12). The van der Waals surface area contributed by atoms with Crippen LogP contribution in [0.25, 0.3) is 0 Å². The summed E-state index contributed by atoms with van der Waals surface area (Å²) in [6.45, 7) is 0. The van der Waals surface area contributed by atoms with E-state index in [0.29, 0.717) is 0 Å². The number of benzene rings is 1. The summed E-state index contributed by atoms with van der Waals surface area (Å²) in [6.07, 6.45) is -0.279. The summed E-state index contributed by atoms with van der Waals surface area (Å²) in [6, 6.07) is 5.61. The van der Waals surface area contributed by atoms with Crippen LogP contribution in [0, 0.1) is 10.1 Å².